The van der Waals surface area contributed by atoms with Gasteiger partial charge in [0.25, 0.3) is 0 Å². The molecule has 164 valence electrons. The second-order valence-corrected chi connectivity index (χ2v) is 8.66. The van der Waals surface area contributed by atoms with Gasteiger partial charge >= 0.3 is 0 Å². The average Bonchev–Trinajstić information content (AvgIpc) is 3.36. The third-order valence-electron chi connectivity index (χ3n) is 6.43. The van der Waals surface area contributed by atoms with Crippen LogP contribution in [0.25, 0.3) is 35.1 Å². The molecule has 0 saturated heterocycles. The Kier molecular flexibility index (Phi) is 6.28. The molecule has 0 bridgehead atoms. The van der Waals surface area contributed by atoms with Crippen molar-refractivity contribution in [1.29, 1.82) is 0 Å². The number of nitrogens with one attached hydrogen (secondary N) is 2. The van der Waals surface area contributed by atoms with Gasteiger partial charge in [-0.2, -0.15) is 0 Å². The van der Waals surface area contributed by atoms with Gasteiger partial charge in [0.05, 0.1) is 5.52 Å². The molecule has 1 aliphatic rings. The van der Waals surface area contributed by atoms with E-state index in [1.165, 1.54) is 37.7 Å². The average molecular weight is 419 g/mol. The Morgan fingerprint density at radius 1 is 1.23 bits per heavy atom. The Labute approximate surface area is 184 Å². The van der Waals surface area contributed by atoms with Gasteiger partial charge in [0.15, 0.2) is 5.65 Å². The molecule has 1 aliphatic carbocycles. The molecule has 4 N–H and O–H groups in total. The highest BCUT2D eigenvalue weighted by Gasteiger charge is 2.18. The molecule has 0 radical (unpaired) electrons. The van der Waals surface area contributed by atoms with Crippen molar-refractivity contribution in [2.45, 2.75) is 58.4 Å². The van der Waals surface area contributed by atoms with Gasteiger partial charge in [-0.1, -0.05) is 38.8 Å². The Bertz CT molecular complexity index is 1190. The van der Waals surface area contributed by atoms with Gasteiger partial charge in [0.1, 0.15) is 11.6 Å². The van der Waals surface area contributed by atoms with Gasteiger partial charge in [-0.15, -0.1) is 0 Å². The molecular formula is C25H34N6. The maximum Gasteiger partial charge on any atom is 0.180 e. The second-order valence-electron chi connectivity index (χ2n) is 8.66. The summed E-state index contributed by atoms with van der Waals surface area (Å²) in [6.45, 7) is 9.38. The first-order valence-electron chi connectivity index (χ1n) is 11.4. The van der Waals surface area contributed by atoms with Crippen LogP contribution in [0, 0.1) is 0 Å². The van der Waals surface area contributed by atoms with Crippen LogP contribution < -0.4 is 16.3 Å². The summed E-state index contributed by atoms with van der Waals surface area (Å²) in [6, 6.07) is 4.73. The first-order valence-corrected chi connectivity index (χ1v) is 11.4. The molecule has 0 aliphatic heterocycles. The van der Waals surface area contributed by atoms with Crippen LogP contribution in [0.5, 0.6) is 0 Å². The molecule has 1 saturated carbocycles. The van der Waals surface area contributed by atoms with Crippen molar-refractivity contribution in [2.24, 2.45) is 0 Å². The number of hydrogen-bond acceptors (Lipinski definition) is 4. The van der Waals surface area contributed by atoms with E-state index in [1.54, 1.807) is 0 Å². The number of nitrogens with zero attached hydrogens (tertiary/aromatic N) is 3. The van der Waals surface area contributed by atoms with Crippen LogP contribution in [-0.2, 0) is 6.42 Å². The fraction of sp³-hybridized carbons (Fsp3) is 0.440. The molecule has 3 aromatic rings. The van der Waals surface area contributed by atoms with Gasteiger partial charge in [-0.3, -0.25) is 4.90 Å². The number of allylic oxidation sites excluding steroid dienone is 1. The molecule has 3 aromatic heterocycles. The zero-order valence-corrected chi connectivity index (χ0v) is 19.0. The van der Waals surface area contributed by atoms with Crippen LogP contribution in [0.15, 0.2) is 23.8 Å². The van der Waals surface area contributed by atoms with Crippen molar-refractivity contribution in [3.63, 3.8) is 0 Å². The number of pyridine rings is 1. The number of aryl methyl sites for hydroxylation is 1. The third kappa shape index (κ3) is 4.59. The van der Waals surface area contributed by atoms with E-state index in [4.69, 9.17) is 5.73 Å². The molecule has 6 nitrogen and oxygen atoms in total. The summed E-state index contributed by atoms with van der Waals surface area (Å²) in [5.74, 6) is 1.37. The number of aromatic amines is 2. The lowest BCUT2D eigenvalue weighted by Crippen LogP contribution is -2.35. The Morgan fingerprint density at radius 2 is 2.00 bits per heavy atom. The summed E-state index contributed by atoms with van der Waals surface area (Å²) in [4.78, 5) is 18.3. The van der Waals surface area contributed by atoms with Crippen LogP contribution in [0.4, 0.5) is 5.82 Å². The number of fused-ring (bicyclic) bond motifs is 1. The minimum Gasteiger partial charge on any atom is -0.384 e. The molecule has 0 unspecified atom stereocenters. The molecule has 6 heteroatoms. The summed E-state index contributed by atoms with van der Waals surface area (Å²) in [7, 11) is 2.25. The van der Waals surface area contributed by atoms with E-state index >= 15 is 0 Å². The van der Waals surface area contributed by atoms with Gasteiger partial charge in [-0.25, -0.2) is 9.97 Å². The summed E-state index contributed by atoms with van der Waals surface area (Å²) in [5.41, 5.74) is 10.9. The number of aromatic nitrogens is 4. The number of H-pyrrole nitrogens is 2. The van der Waals surface area contributed by atoms with E-state index in [1.807, 2.05) is 6.07 Å². The van der Waals surface area contributed by atoms with Crippen molar-refractivity contribution in [2.75, 3.05) is 19.3 Å². The van der Waals surface area contributed by atoms with Crippen molar-refractivity contribution in [1.82, 2.24) is 24.8 Å². The smallest absolute Gasteiger partial charge is 0.180 e. The second kappa shape index (κ2) is 9.10. The van der Waals surface area contributed by atoms with Crippen LogP contribution in [0.3, 0.4) is 0 Å². The Balaban J connectivity index is 1.65. The van der Waals surface area contributed by atoms with Gasteiger partial charge in [0, 0.05) is 35.6 Å². The monoisotopic (exact) mass is 418 g/mol. The predicted molar refractivity (Wildman–Crippen MR) is 130 cm³/mol. The lowest BCUT2D eigenvalue weighted by molar-refractivity contribution is 0.207. The van der Waals surface area contributed by atoms with Crippen LogP contribution in [0.1, 0.15) is 51.8 Å². The predicted octanol–water partition coefficient (Wildman–Crippen LogP) is 3.50. The molecule has 1 fully saturated rings. The molecule has 0 aromatic carbocycles. The number of nitrogens with two attached hydrogens (primary N) is 1. The number of imidazole rings is 1. The highest BCUT2D eigenvalue weighted by atomic mass is 15.1. The normalized spacial score (nSPS) is 16.6. The van der Waals surface area contributed by atoms with E-state index in [0.29, 0.717) is 17.5 Å². The zero-order chi connectivity index (χ0) is 22.0. The van der Waals surface area contributed by atoms with Gasteiger partial charge in [0.2, 0.25) is 0 Å². The molecule has 4 rings (SSSR count). The first kappa shape index (κ1) is 21.4. The fourth-order valence-electron chi connectivity index (χ4n) is 4.58. The van der Waals surface area contributed by atoms with Crippen LogP contribution in [0.2, 0.25) is 0 Å². The van der Waals surface area contributed by atoms with Crippen LogP contribution >= 0.6 is 0 Å². The molecule has 0 atom stereocenters. The van der Waals surface area contributed by atoms with E-state index in [9.17, 15) is 0 Å². The number of anilines is 1. The highest BCUT2D eigenvalue weighted by Crippen LogP contribution is 2.26. The van der Waals surface area contributed by atoms with Crippen molar-refractivity contribution < 1.29 is 0 Å². The first-order chi connectivity index (χ1) is 15.0. The summed E-state index contributed by atoms with van der Waals surface area (Å²) in [6.07, 6.45) is 12.0. The fourth-order valence-corrected chi connectivity index (χ4v) is 4.58. The van der Waals surface area contributed by atoms with E-state index in [0.717, 1.165) is 46.1 Å². The SMILES string of the molecule is C=c1[nH]c(-c2cc(N)nc3nc(CC)[nH]c23)c/c1=C/C(=C\C)CN(C)C1CCCCC1. The maximum absolute atomic E-state index is 6.07. The third-order valence-corrected chi connectivity index (χ3v) is 6.43. The zero-order valence-electron chi connectivity index (χ0n) is 19.0. The number of nitrogen functional groups attached to an aromatic ring is 1. The summed E-state index contributed by atoms with van der Waals surface area (Å²) in [5, 5.41) is 1.99. The topological polar surface area (TPSA) is 86.6 Å². The largest absolute Gasteiger partial charge is 0.384 e. The Hall–Kier alpha value is -2.86. The summed E-state index contributed by atoms with van der Waals surface area (Å²) < 4.78 is 0. The minimum atomic E-state index is 0.464. The standard InChI is InChI=1S/C25H34N6/c1-5-17(15-31(4)19-10-8-7-9-11-19)12-18-13-21(27-16(18)3)20-14-22(26)28-25-24(20)29-23(6-2)30-25/h5,12-14,19,27H,3,6-11,15H2,1-2,4H3,(H3,26,28,29,30)/b17-5+,18-12-. The lowest BCUT2D eigenvalue weighted by Gasteiger charge is -2.31. The quantitative estimate of drug-likeness (QED) is 0.572. The molecule has 31 heavy (non-hydrogen) atoms. The van der Waals surface area contributed by atoms with Crippen LogP contribution in [-0.4, -0.2) is 44.5 Å². The van der Waals surface area contributed by atoms with E-state index in [2.05, 4.69) is 70.5 Å². The highest BCUT2D eigenvalue weighted by molar-refractivity contribution is 5.90. The van der Waals surface area contributed by atoms with Crippen molar-refractivity contribution in [3.8, 4) is 11.3 Å². The molecular weight excluding hydrogens is 384 g/mol. The number of likely N-dealkylation sites (N-methyl/N-ethyl adjacent to an activating group) is 1. The number of rotatable bonds is 6. The summed E-state index contributed by atoms with van der Waals surface area (Å²) >= 11 is 0. The van der Waals surface area contributed by atoms with Crippen molar-refractivity contribution in [3.05, 3.63) is 40.2 Å². The molecule has 0 spiro atoms. The molecule has 0 amide bonds. The molecule has 3 heterocycles. The van der Waals surface area contributed by atoms with Gasteiger partial charge in [-0.05, 0) is 55.8 Å². The lowest BCUT2D eigenvalue weighted by atomic mass is 9.94. The number of hydrogen-bond donors (Lipinski definition) is 3. The van der Waals surface area contributed by atoms with Gasteiger partial charge < -0.3 is 15.7 Å². The minimum absolute atomic E-state index is 0.464. The maximum atomic E-state index is 6.07. The van der Waals surface area contributed by atoms with E-state index in [-0.39, 0.29) is 0 Å². The van der Waals surface area contributed by atoms with E-state index < -0.39 is 0 Å². The Morgan fingerprint density at radius 3 is 2.71 bits per heavy atom. The van der Waals surface area contributed by atoms with Crippen molar-refractivity contribution >= 4 is 29.6 Å².